The van der Waals surface area contributed by atoms with Crippen LogP contribution in [-0.2, 0) is 6.54 Å². The van der Waals surface area contributed by atoms with Gasteiger partial charge in [-0.3, -0.25) is 10.00 Å². The number of pyridine rings is 1. The number of anilines is 1. The van der Waals surface area contributed by atoms with Crippen molar-refractivity contribution in [3.8, 4) is 0 Å². The maximum absolute atomic E-state index is 12.5. The second-order valence-electron chi connectivity index (χ2n) is 6.41. The highest BCUT2D eigenvalue weighted by Gasteiger charge is 2.22. The number of nitrogens with zero attached hydrogens (tertiary/aromatic N) is 7. The van der Waals surface area contributed by atoms with Gasteiger partial charge in [0.1, 0.15) is 11.6 Å². The second-order valence-corrected chi connectivity index (χ2v) is 6.41. The van der Waals surface area contributed by atoms with Crippen LogP contribution in [0.4, 0.5) is 10.5 Å². The molecule has 136 valence electrons. The molecule has 0 aromatic carbocycles. The summed E-state index contributed by atoms with van der Waals surface area (Å²) in [7, 11) is 0. The average Bonchev–Trinajstić information content (AvgIpc) is 3.19. The third-order valence-corrected chi connectivity index (χ3v) is 4.36. The molecule has 10 heteroatoms. The SMILES string of the molecule is Cc1nc2ccc(NC(=O)N3CCN(Cc4n[nH]c(C)n4)CC3)cn2n1. The number of piperazine rings is 1. The molecule has 4 heterocycles. The number of nitrogens with one attached hydrogen (secondary N) is 2. The Balaban J connectivity index is 1.32. The molecule has 3 aromatic heterocycles. The van der Waals surface area contributed by atoms with Crippen LogP contribution in [0, 0.1) is 13.8 Å². The van der Waals surface area contributed by atoms with E-state index in [1.807, 2.05) is 30.9 Å². The highest BCUT2D eigenvalue weighted by Crippen LogP contribution is 2.12. The first kappa shape index (κ1) is 16.5. The topological polar surface area (TPSA) is 107 Å². The zero-order valence-electron chi connectivity index (χ0n) is 14.8. The zero-order valence-corrected chi connectivity index (χ0v) is 14.8. The molecule has 3 aromatic rings. The molecule has 0 radical (unpaired) electrons. The number of hydrogen-bond donors (Lipinski definition) is 2. The summed E-state index contributed by atoms with van der Waals surface area (Å²) < 4.78 is 1.67. The number of H-pyrrole nitrogens is 1. The van der Waals surface area contributed by atoms with Crippen LogP contribution in [0.25, 0.3) is 5.65 Å². The minimum absolute atomic E-state index is 0.102. The van der Waals surface area contributed by atoms with Gasteiger partial charge in [0.15, 0.2) is 11.5 Å². The van der Waals surface area contributed by atoms with E-state index in [9.17, 15) is 4.79 Å². The van der Waals surface area contributed by atoms with Crippen molar-refractivity contribution in [3.05, 3.63) is 35.8 Å². The number of carbonyl (C=O) groups is 1. The molecule has 4 rings (SSSR count). The fourth-order valence-electron chi connectivity index (χ4n) is 3.04. The van der Waals surface area contributed by atoms with Crippen LogP contribution in [0.2, 0.25) is 0 Å². The van der Waals surface area contributed by atoms with E-state index in [1.165, 1.54) is 0 Å². The van der Waals surface area contributed by atoms with Crippen molar-refractivity contribution in [2.24, 2.45) is 0 Å². The van der Waals surface area contributed by atoms with Crippen LogP contribution in [0.15, 0.2) is 18.3 Å². The summed E-state index contributed by atoms with van der Waals surface area (Å²) in [6.45, 7) is 7.34. The molecule has 1 fully saturated rings. The molecule has 0 unspecified atom stereocenters. The Bertz CT molecular complexity index is 923. The van der Waals surface area contributed by atoms with Crippen molar-refractivity contribution in [2.75, 3.05) is 31.5 Å². The van der Waals surface area contributed by atoms with Crippen LogP contribution in [0.3, 0.4) is 0 Å². The van der Waals surface area contributed by atoms with Crippen LogP contribution in [0.1, 0.15) is 17.5 Å². The summed E-state index contributed by atoms with van der Waals surface area (Å²) in [4.78, 5) is 25.2. The molecule has 2 N–H and O–H groups in total. The lowest BCUT2D eigenvalue weighted by molar-refractivity contribution is 0.141. The van der Waals surface area contributed by atoms with Crippen LogP contribution in [-0.4, -0.2) is 71.8 Å². The lowest BCUT2D eigenvalue weighted by atomic mass is 10.3. The van der Waals surface area contributed by atoms with Crippen molar-refractivity contribution >= 4 is 17.4 Å². The van der Waals surface area contributed by atoms with E-state index in [4.69, 9.17) is 0 Å². The van der Waals surface area contributed by atoms with E-state index < -0.39 is 0 Å². The van der Waals surface area contributed by atoms with Gasteiger partial charge in [-0.05, 0) is 26.0 Å². The van der Waals surface area contributed by atoms with Crippen LogP contribution >= 0.6 is 0 Å². The minimum Gasteiger partial charge on any atom is -0.322 e. The van der Waals surface area contributed by atoms with Crippen molar-refractivity contribution < 1.29 is 4.79 Å². The van der Waals surface area contributed by atoms with Gasteiger partial charge in [0.25, 0.3) is 0 Å². The molecule has 2 amide bonds. The number of carbonyl (C=O) groups excluding carboxylic acids is 1. The van der Waals surface area contributed by atoms with Gasteiger partial charge < -0.3 is 10.2 Å². The number of aromatic amines is 1. The Morgan fingerprint density at radius 3 is 2.73 bits per heavy atom. The lowest BCUT2D eigenvalue weighted by Crippen LogP contribution is -2.49. The predicted molar refractivity (Wildman–Crippen MR) is 94.7 cm³/mol. The normalized spacial score (nSPS) is 15.5. The molecular weight excluding hydrogens is 334 g/mol. The maximum Gasteiger partial charge on any atom is 0.321 e. The number of fused-ring (bicyclic) bond motifs is 1. The van der Waals surface area contributed by atoms with Gasteiger partial charge in [0, 0.05) is 26.2 Å². The molecule has 0 bridgehead atoms. The second kappa shape index (κ2) is 6.71. The Labute approximate surface area is 150 Å². The molecular formula is C16H21N9O. The van der Waals surface area contributed by atoms with E-state index >= 15 is 0 Å². The quantitative estimate of drug-likeness (QED) is 0.720. The van der Waals surface area contributed by atoms with Gasteiger partial charge >= 0.3 is 6.03 Å². The third kappa shape index (κ3) is 3.49. The summed E-state index contributed by atoms with van der Waals surface area (Å²) >= 11 is 0. The van der Waals surface area contributed by atoms with Crippen molar-refractivity contribution in [1.29, 1.82) is 0 Å². The Morgan fingerprint density at radius 2 is 2.00 bits per heavy atom. The smallest absolute Gasteiger partial charge is 0.321 e. The molecule has 26 heavy (non-hydrogen) atoms. The first-order valence-corrected chi connectivity index (χ1v) is 8.56. The minimum atomic E-state index is -0.102. The molecule has 1 aliphatic heterocycles. The standard InChI is InChI=1S/C16H21N9O/c1-11-17-14(21-20-11)10-23-5-7-24(8-6-23)16(26)19-13-3-4-15-18-12(2)22-25(15)9-13/h3-4,9H,5-8,10H2,1-2H3,(H,19,26)(H,17,20,21). The van der Waals surface area contributed by atoms with Gasteiger partial charge in [0.2, 0.25) is 0 Å². The van der Waals surface area contributed by atoms with E-state index in [0.717, 1.165) is 30.4 Å². The Morgan fingerprint density at radius 1 is 1.19 bits per heavy atom. The highest BCUT2D eigenvalue weighted by molar-refractivity contribution is 5.89. The molecule has 0 atom stereocenters. The molecule has 10 nitrogen and oxygen atoms in total. The lowest BCUT2D eigenvalue weighted by Gasteiger charge is -2.34. The summed E-state index contributed by atoms with van der Waals surface area (Å²) in [6, 6.07) is 3.57. The summed E-state index contributed by atoms with van der Waals surface area (Å²) in [6.07, 6.45) is 1.77. The van der Waals surface area contributed by atoms with Crippen molar-refractivity contribution in [1.82, 2.24) is 39.6 Å². The van der Waals surface area contributed by atoms with Crippen LogP contribution in [0.5, 0.6) is 0 Å². The monoisotopic (exact) mass is 355 g/mol. The van der Waals surface area contributed by atoms with Gasteiger partial charge in [-0.1, -0.05) is 0 Å². The summed E-state index contributed by atoms with van der Waals surface area (Å²) in [5.41, 5.74) is 1.46. The van der Waals surface area contributed by atoms with E-state index in [0.29, 0.717) is 31.1 Å². The number of amides is 2. The zero-order chi connectivity index (χ0) is 18.1. The molecule has 0 aliphatic carbocycles. The number of aromatic nitrogens is 6. The first-order valence-electron chi connectivity index (χ1n) is 8.56. The van der Waals surface area contributed by atoms with Gasteiger partial charge in [0.05, 0.1) is 18.4 Å². The average molecular weight is 355 g/mol. The molecule has 1 aliphatic rings. The molecule has 0 spiro atoms. The largest absolute Gasteiger partial charge is 0.322 e. The third-order valence-electron chi connectivity index (χ3n) is 4.36. The summed E-state index contributed by atoms with van der Waals surface area (Å²) in [5, 5.41) is 14.2. The first-order chi connectivity index (χ1) is 12.6. The number of urea groups is 1. The van der Waals surface area contributed by atoms with Gasteiger partial charge in [-0.15, -0.1) is 0 Å². The summed E-state index contributed by atoms with van der Waals surface area (Å²) in [5.74, 6) is 2.31. The van der Waals surface area contributed by atoms with Gasteiger partial charge in [-0.25, -0.2) is 19.3 Å². The Kier molecular flexibility index (Phi) is 4.25. The molecule has 0 saturated carbocycles. The van der Waals surface area contributed by atoms with E-state index in [1.54, 1.807) is 10.7 Å². The molecule has 1 saturated heterocycles. The maximum atomic E-state index is 12.5. The Hall–Kier alpha value is -3.01. The van der Waals surface area contributed by atoms with E-state index in [-0.39, 0.29) is 6.03 Å². The van der Waals surface area contributed by atoms with Crippen molar-refractivity contribution in [3.63, 3.8) is 0 Å². The van der Waals surface area contributed by atoms with Crippen molar-refractivity contribution in [2.45, 2.75) is 20.4 Å². The van der Waals surface area contributed by atoms with Crippen LogP contribution < -0.4 is 5.32 Å². The fourth-order valence-corrected chi connectivity index (χ4v) is 3.04. The predicted octanol–water partition coefficient (Wildman–Crippen LogP) is 0.814. The number of aryl methyl sites for hydroxylation is 2. The number of rotatable bonds is 3. The van der Waals surface area contributed by atoms with Gasteiger partial charge in [-0.2, -0.15) is 10.2 Å². The fraction of sp³-hybridized carbons (Fsp3) is 0.438. The number of hydrogen-bond acceptors (Lipinski definition) is 6. The highest BCUT2D eigenvalue weighted by atomic mass is 16.2. The van der Waals surface area contributed by atoms with E-state index in [2.05, 4.69) is 35.5 Å².